The number of pyridine rings is 1. The lowest BCUT2D eigenvalue weighted by Gasteiger charge is -2.24. The van der Waals surface area contributed by atoms with E-state index in [1.807, 2.05) is 14.1 Å². The molecule has 0 spiro atoms. The van der Waals surface area contributed by atoms with Crippen molar-refractivity contribution in [3.05, 3.63) is 83.1 Å². The van der Waals surface area contributed by atoms with Crippen molar-refractivity contribution in [2.45, 2.75) is 39.3 Å². The number of halogens is 1. The van der Waals surface area contributed by atoms with Crippen molar-refractivity contribution in [3.63, 3.8) is 0 Å². The Morgan fingerprint density at radius 2 is 1.61 bits per heavy atom. The minimum absolute atomic E-state index is 0.184. The summed E-state index contributed by atoms with van der Waals surface area (Å²) in [6.07, 6.45) is 1.72. The van der Waals surface area contributed by atoms with Crippen LogP contribution in [0.2, 0.25) is 5.02 Å². The number of amides is 4. The molecule has 41 heavy (non-hydrogen) atoms. The summed E-state index contributed by atoms with van der Waals surface area (Å²) in [5, 5.41) is 8.87. The first kappa shape index (κ1) is 31.4. The van der Waals surface area contributed by atoms with Crippen LogP contribution in [-0.4, -0.2) is 65.6 Å². The van der Waals surface area contributed by atoms with Gasteiger partial charge in [-0.3, -0.25) is 15.1 Å². The predicted molar refractivity (Wildman–Crippen MR) is 163 cm³/mol. The van der Waals surface area contributed by atoms with Crippen LogP contribution >= 0.6 is 11.6 Å². The Balaban J connectivity index is 1.67. The fraction of sp³-hybridized carbons (Fsp3) is 0.333. The van der Waals surface area contributed by atoms with E-state index < -0.39 is 17.6 Å². The summed E-state index contributed by atoms with van der Waals surface area (Å²) >= 11 is 6.07. The maximum absolute atomic E-state index is 13.1. The lowest BCUT2D eigenvalue weighted by Crippen LogP contribution is -2.36. The van der Waals surface area contributed by atoms with Gasteiger partial charge in [-0.25, -0.2) is 9.59 Å². The molecule has 0 aliphatic heterocycles. The smallest absolute Gasteiger partial charge is 0.412 e. The van der Waals surface area contributed by atoms with Gasteiger partial charge in [0.2, 0.25) is 0 Å². The summed E-state index contributed by atoms with van der Waals surface area (Å²) in [7, 11) is 3.96. The predicted octanol–water partition coefficient (Wildman–Crippen LogP) is 6.32. The minimum Gasteiger partial charge on any atom is -0.444 e. The van der Waals surface area contributed by atoms with Crippen LogP contribution in [0, 0.1) is 0 Å². The summed E-state index contributed by atoms with van der Waals surface area (Å²) in [5.41, 5.74) is 1.69. The fourth-order valence-corrected chi connectivity index (χ4v) is 3.96. The summed E-state index contributed by atoms with van der Waals surface area (Å²) in [4.78, 5) is 46.4. The van der Waals surface area contributed by atoms with Crippen LogP contribution < -0.4 is 16.0 Å². The molecule has 0 unspecified atom stereocenters. The zero-order valence-electron chi connectivity index (χ0n) is 24.0. The lowest BCUT2D eigenvalue weighted by atomic mass is 10.2. The Kier molecular flexibility index (Phi) is 11.1. The van der Waals surface area contributed by atoms with E-state index in [2.05, 4.69) is 25.8 Å². The van der Waals surface area contributed by atoms with Gasteiger partial charge in [-0.05, 0) is 89.8 Å². The van der Waals surface area contributed by atoms with E-state index in [1.54, 1.807) is 92.5 Å². The molecule has 0 saturated heterocycles. The third-order valence-corrected chi connectivity index (χ3v) is 5.87. The van der Waals surface area contributed by atoms with Gasteiger partial charge in [-0.1, -0.05) is 35.9 Å². The fourth-order valence-electron chi connectivity index (χ4n) is 3.77. The third kappa shape index (κ3) is 10.7. The molecule has 218 valence electrons. The van der Waals surface area contributed by atoms with Crippen LogP contribution in [0.25, 0.3) is 0 Å². The van der Waals surface area contributed by atoms with Crippen LogP contribution in [0.1, 0.15) is 43.2 Å². The Hall–Kier alpha value is -4.15. The minimum atomic E-state index is -0.661. The molecule has 0 saturated carbocycles. The number of aromatic nitrogens is 1. The number of benzene rings is 2. The summed E-state index contributed by atoms with van der Waals surface area (Å²) < 4.78 is 5.31. The maximum Gasteiger partial charge on any atom is 0.412 e. The van der Waals surface area contributed by atoms with E-state index in [0.29, 0.717) is 35.2 Å². The quantitative estimate of drug-likeness (QED) is 0.258. The highest BCUT2D eigenvalue weighted by atomic mass is 35.5. The topological polar surface area (TPSA) is 116 Å². The second-order valence-corrected chi connectivity index (χ2v) is 11.1. The molecule has 11 heteroatoms. The number of hydrogen-bond acceptors (Lipinski definition) is 6. The molecule has 1 heterocycles. The third-order valence-electron chi connectivity index (χ3n) is 5.64. The van der Waals surface area contributed by atoms with E-state index in [1.165, 1.54) is 0 Å². The van der Waals surface area contributed by atoms with E-state index in [0.717, 1.165) is 18.5 Å². The van der Waals surface area contributed by atoms with Crippen LogP contribution in [-0.2, 0) is 11.3 Å². The second kappa shape index (κ2) is 14.5. The molecular weight excluding hydrogens is 544 g/mol. The number of para-hydroxylation sites is 2. The molecular formula is C30H37ClN6O4. The van der Waals surface area contributed by atoms with Gasteiger partial charge in [0.05, 0.1) is 11.4 Å². The van der Waals surface area contributed by atoms with Crippen molar-refractivity contribution in [1.29, 1.82) is 0 Å². The van der Waals surface area contributed by atoms with Crippen LogP contribution in [0.5, 0.6) is 0 Å². The molecule has 0 aliphatic carbocycles. The Morgan fingerprint density at radius 1 is 0.902 bits per heavy atom. The Morgan fingerprint density at radius 3 is 2.22 bits per heavy atom. The van der Waals surface area contributed by atoms with E-state index in [9.17, 15) is 14.4 Å². The van der Waals surface area contributed by atoms with E-state index >= 15 is 0 Å². The average Bonchev–Trinajstić information content (AvgIpc) is 2.88. The van der Waals surface area contributed by atoms with Crippen molar-refractivity contribution in [2.24, 2.45) is 0 Å². The van der Waals surface area contributed by atoms with Gasteiger partial charge in [0.15, 0.2) is 0 Å². The molecule has 3 N–H and O–H groups in total. The van der Waals surface area contributed by atoms with Gasteiger partial charge in [0.1, 0.15) is 11.3 Å². The number of nitrogens with zero attached hydrogens (tertiary/aromatic N) is 3. The highest BCUT2D eigenvalue weighted by Crippen LogP contribution is 2.23. The number of carbonyl (C=O) groups is 3. The zero-order valence-corrected chi connectivity index (χ0v) is 24.8. The molecule has 4 amide bonds. The molecule has 0 aliphatic rings. The van der Waals surface area contributed by atoms with Gasteiger partial charge in [-0.2, -0.15) is 0 Å². The second-order valence-electron chi connectivity index (χ2n) is 10.7. The summed E-state index contributed by atoms with van der Waals surface area (Å²) in [5.74, 6) is -0.448. The summed E-state index contributed by atoms with van der Waals surface area (Å²) in [6, 6.07) is 16.9. The first-order valence-corrected chi connectivity index (χ1v) is 13.6. The van der Waals surface area contributed by atoms with Crippen molar-refractivity contribution >= 4 is 46.7 Å². The SMILES string of the molecule is CN(C)CCCN(Cc1ccc(C(=O)Nc2ccccc2NC(=O)OC(C)(C)C)nc1)C(=O)Nc1cccc(Cl)c1. The molecule has 3 rings (SSSR count). The number of rotatable bonds is 10. The number of carbonyl (C=O) groups excluding carboxylic acids is 3. The van der Waals surface area contributed by atoms with Crippen LogP contribution in [0.4, 0.5) is 26.7 Å². The van der Waals surface area contributed by atoms with Crippen molar-refractivity contribution in [2.75, 3.05) is 43.1 Å². The Labute approximate surface area is 246 Å². The number of urea groups is 1. The summed E-state index contributed by atoms with van der Waals surface area (Å²) in [6.45, 7) is 6.95. The van der Waals surface area contributed by atoms with Gasteiger partial charge >= 0.3 is 12.1 Å². The van der Waals surface area contributed by atoms with Crippen molar-refractivity contribution in [1.82, 2.24) is 14.8 Å². The number of nitrogens with one attached hydrogen (secondary N) is 3. The van der Waals surface area contributed by atoms with Crippen LogP contribution in [0.15, 0.2) is 66.9 Å². The monoisotopic (exact) mass is 580 g/mol. The first-order chi connectivity index (χ1) is 19.4. The lowest BCUT2D eigenvalue weighted by molar-refractivity contribution is 0.0635. The zero-order chi connectivity index (χ0) is 30.0. The maximum atomic E-state index is 13.1. The van der Waals surface area contributed by atoms with Gasteiger partial charge in [0.25, 0.3) is 5.91 Å². The van der Waals surface area contributed by atoms with Crippen molar-refractivity contribution < 1.29 is 19.1 Å². The largest absolute Gasteiger partial charge is 0.444 e. The molecule has 10 nitrogen and oxygen atoms in total. The van der Waals surface area contributed by atoms with E-state index in [-0.39, 0.29) is 11.7 Å². The molecule has 0 bridgehead atoms. The van der Waals surface area contributed by atoms with Crippen LogP contribution in [0.3, 0.4) is 0 Å². The molecule has 1 aromatic heterocycles. The van der Waals surface area contributed by atoms with Gasteiger partial charge < -0.3 is 25.2 Å². The highest BCUT2D eigenvalue weighted by Gasteiger charge is 2.19. The molecule has 2 aromatic carbocycles. The number of hydrogen-bond donors (Lipinski definition) is 3. The first-order valence-electron chi connectivity index (χ1n) is 13.2. The standard InChI is InChI=1S/C30H37ClN6O4/c1-30(2,3)41-29(40)35-25-13-7-6-12-24(25)34-27(38)26-15-14-21(19-32-26)20-37(17-9-16-36(4)5)28(39)33-23-11-8-10-22(31)18-23/h6-8,10-15,18-19H,9,16-17,20H2,1-5H3,(H,33,39)(H,34,38)(H,35,40). The number of ether oxygens (including phenoxy) is 1. The molecule has 0 radical (unpaired) electrons. The van der Waals surface area contributed by atoms with E-state index in [4.69, 9.17) is 16.3 Å². The van der Waals surface area contributed by atoms with Gasteiger partial charge in [0, 0.05) is 30.0 Å². The molecule has 0 fully saturated rings. The Bertz CT molecular complexity index is 1340. The highest BCUT2D eigenvalue weighted by molar-refractivity contribution is 6.30. The number of anilines is 3. The average molecular weight is 581 g/mol. The van der Waals surface area contributed by atoms with Crippen molar-refractivity contribution in [3.8, 4) is 0 Å². The normalized spacial score (nSPS) is 11.1. The van der Waals surface area contributed by atoms with Gasteiger partial charge in [-0.15, -0.1) is 0 Å². The molecule has 3 aromatic rings. The molecule has 0 atom stereocenters.